The summed E-state index contributed by atoms with van der Waals surface area (Å²) in [5.74, 6) is 0.263. The molecule has 8 nitrogen and oxygen atoms in total. The maximum absolute atomic E-state index is 13.4. The minimum Gasteiger partial charge on any atom is -0.493 e. The van der Waals surface area contributed by atoms with Crippen LogP contribution in [0.5, 0.6) is 5.75 Å². The fourth-order valence-corrected chi connectivity index (χ4v) is 4.45. The Labute approximate surface area is 175 Å². The molecule has 1 amide bonds. The van der Waals surface area contributed by atoms with Crippen molar-refractivity contribution in [2.45, 2.75) is 25.2 Å². The number of carbonyl (C=O) groups is 1. The number of nitrogens with zero attached hydrogens (tertiary/aromatic N) is 2. The molecule has 2 aromatic rings. The van der Waals surface area contributed by atoms with Gasteiger partial charge in [-0.05, 0) is 17.0 Å². The smallest absolute Gasteiger partial charge is 0.276 e. The first-order chi connectivity index (χ1) is 13.6. The van der Waals surface area contributed by atoms with E-state index in [1.54, 1.807) is 0 Å². The molecule has 1 aliphatic heterocycles. The Morgan fingerprint density at radius 1 is 1.34 bits per heavy atom. The van der Waals surface area contributed by atoms with Crippen LogP contribution in [-0.4, -0.2) is 43.8 Å². The van der Waals surface area contributed by atoms with E-state index in [0.717, 1.165) is 15.4 Å². The third-order valence-electron chi connectivity index (χ3n) is 5.06. The van der Waals surface area contributed by atoms with Gasteiger partial charge in [-0.3, -0.25) is 4.79 Å². The van der Waals surface area contributed by atoms with Crippen molar-refractivity contribution in [3.63, 3.8) is 0 Å². The van der Waals surface area contributed by atoms with E-state index in [9.17, 15) is 13.2 Å². The van der Waals surface area contributed by atoms with Crippen LogP contribution in [0.4, 0.5) is 5.82 Å². The second kappa shape index (κ2) is 7.91. The van der Waals surface area contributed by atoms with Gasteiger partial charge in [0.25, 0.3) is 10.2 Å². The second-order valence-corrected chi connectivity index (χ2v) is 9.28. The Hall–Kier alpha value is -2.20. The summed E-state index contributed by atoms with van der Waals surface area (Å²) in [4.78, 5) is 17.6. The van der Waals surface area contributed by atoms with Crippen molar-refractivity contribution >= 4 is 33.5 Å². The number of aromatic nitrogens is 1. The lowest BCUT2D eigenvalue weighted by Crippen LogP contribution is -2.67. The number of hydrogen-bond acceptors (Lipinski definition) is 5. The molecule has 0 bridgehead atoms. The molecule has 0 atom stereocenters. The molecular weight excluding hydrogens is 416 g/mol. The number of nitrogens with one attached hydrogen (secondary N) is 1. The molecule has 1 aliphatic rings. The second-order valence-electron chi connectivity index (χ2n) is 7.30. The van der Waals surface area contributed by atoms with Gasteiger partial charge in [-0.15, -0.1) is 0 Å². The fraction of sp³-hybridized carbons (Fsp3) is 0.368. The van der Waals surface area contributed by atoms with E-state index in [1.807, 2.05) is 38.1 Å². The molecular formula is C19H23ClN4O4S. The number of methoxy groups -OCH3 is 1. The highest BCUT2D eigenvalue weighted by atomic mass is 35.5. The molecule has 0 saturated carbocycles. The number of ether oxygens (including phenoxy) is 1. The van der Waals surface area contributed by atoms with Crippen LogP contribution < -0.4 is 15.2 Å². The van der Waals surface area contributed by atoms with Crippen molar-refractivity contribution in [1.82, 2.24) is 9.29 Å². The maximum atomic E-state index is 13.4. The van der Waals surface area contributed by atoms with Crippen LogP contribution in [0.15, 0.2) is 36.5 Å². The molecule has 1 fully saturated rings. The first kappa shape index (κ1) is 21.5. The molecule has 10 heteroatoms. The van der Waals surface area contributed by atoms with Crippen molar-refractivity contribution in [2.75, 3.05) is 25.5 Å². The molecule has 156 valence electrons. The number of benzene rings is 1. The lowest BCUT2D eigenvalue weighted by molar-refractivity contribution is -0.125. The Balaban J connectivity index is 2.03. The zero-order valence-electron chi connectivity index (χ0n) is 16.3. The van der Waals surface area contributed by atoms with Gasteiger partial charge >= 0.3 is 0 Å². The van der Waals surface area contributed by atoms with Crippen molar-refractivity contribution < 1.29 is 17.9 Å². The molecule has 2 heterocycles. The van der Waals surface area contributed by atoms with Crippen molar-refractivity contribution in [3.05, 3.63) is 52.7 Å². The minimum absolute atomic E-state index is 0.0582. The third kappa shape index (κ3) is 4.09. The first-order valence-corrected chi connectivity index (χ1v) is 10.8. The molecule has 3 N–H and O–H groups in total. The molecule has 3 rings (SSSR count). The molecule has 0 aliphatic carbocycles. The SMILES string of the molecule is COc1cc(Cl)cnc1NC(=O)C1(c2ccccc2C(C)C)CN(S(N)(=O)=O)C1. The van der Waals surface area contributed by atoms with Crippen LogP contribution in [0.2, 0.25) is 5.02 Å². The van der Waals surface area contributed by atoms with Crippen LogP contribution in [-0.2, 0) is 20.4 Å². The summed E-state index contributed by atoms with van der Waals surface area (Å²) in [5.41, 5.74) is 0.632. The van der Waals surface area contributed by atoms with Crippen LogP contribution in [0.1, 0.15) is 30.9 Å². The van der Waals surface area contributed by atoms with E-state index in [2.05, 4.69) is 10.3 Å². The summed E-state index contributed by atoms with van der Waals surface area (Å²) in [7, 11) is -2.46. The molecule has 0 radical (unpaired) electrons. The van der Waals surface area contributed by atoms with E-state index in [4.69, 9.17) is 21.5 Å². The van der Waals surface area contributed by atoms with Crippen molar-refractivity contribution in [2.24, 2.45) is 5.14 Å². The lowest BCUT2D eigenvalue weighted by Gasteiger charge is -2.48. The quantitative estimate of drug-likeness (QED) is 0.717. The highest BCUT2D eigenvalue weighted by molar-refractivity contribution is 7.86. The van der Waals surface area contributed by atoms with E-state index >= 15 is 0 Å². The zero-order chi connectivity index (χ0) is 21.4. The first-order valence-electron chi connectivity index (χ1n) is 8.97. The summed E-state index contributed by atoms with van der Waals surface area (Å²) in [6, 6.07) is 9.05. The molecule has 1 saturated heterocycles. The van der Waals surface area contributed by atoms with Crippen LogP contribution in [0, 0.1) is 0 Å². The number of carbonyl (C=O) groups excluding carboxylic acids is 1. The maximum Gasteiger partial charge on any atom is 0.276 e. The number of halogens is 1. The number of rotatable bonds is 6. The van der Waals surface area contributed by atoms with Crippen LogP contribution >= 0.6 is 11.6 Å². The van der Waals surface area contributed by atoms with Gasteiger partial charge in [0.15, 0.2) is 11.6 Å². The predicted molar refractivity (Wildman–Crippen MR) is 111 cm³/mol. The molecule has 1 aromatic heterocycles. The molecule has 1 aromatic carbocycles. The average molecular weight is 439 g/mol. The number of anilines is 1. The van der Waals surface area contributed by atoms with Gasteiger partial charge in [-0.2, -0.15) is 12.7 Å². The van der Waals surface area contributed by atoms with E-state index in [0.29, 0.717) is 10.8 Å². The molecule has 0 spiro atoms. The molecule has 0 unspecified atom stereocenters. The lowest BCUT2D eigenvalue weighted by atomic mass is 9.71. The van der Waals surface area contributed by atoms with Crippen molar-refractivity contribution in [3.8, 4) is 5.75 Å². The highest BCUT2D eigenvalue weighted by Crippen LogP contribution is 2.41. The monoisotopic (exact) mass is 438 g/mol. The third-order valence-corrected chi connectivity index (χ3v) is 6.24. The number of nitrogens with two attached hydrogens (primary N) is 1. The van der Waals surface area contributed by atoms with E-state index in [1.165, 1.54) is 19.4 Å². The van der Waals surface area contributed by atoms with Gasteiger partial charge in [0.2, 0.25) is 5.91 Å². The Kier molecular flexibility index (Phi) is 5.86. The number of hydrogen-bond donors (Lipinski definition) is 2. The Morgan fingerprint density at radius 3 is 2.59 bits per heavy atom. The summed E-state index contributed by atoms with van der Waals surface area (Å²) in [6.45, 7) is 3.92. The normalized spacial score (nSPS) is 16.3. The predicted octanol–water partition coefficient (Wildman–Crippen LogP) is 2.26. The van der Waals surface area contributed by atoms with Gasteiger partial charge < -0.3 is 10.1 Å². The standard InChI is InChI=1S/C19H23ClN4O4S/c1-12(2)14-6-4-5-7-15(14)19(10-24(11-19)29(21,26)27)18(25)23-17-16(28-3)8-13(20)9-22-17/h4-9,12H,10-11H2,1-3H3,(H2,21,26,27)(H,22,23,25). The van der Waals surface area contributed by atoms with E-state index < -0.39 is 21.5 Å². The largest absolute Gasteiger partial charge is 0.493 e. The Bertz CT molecular complexity index is 1040. The zero-order valence-corrected chi connectivity index (χ0v) is 17.9. The number of pyridine rings is 1. The van der Waals surface area contributed by atoms with Gasteiger partial charge in [0.05, 0.1) is 12.1 Å². The summed E-state index contributed by atoms with van der Waals surface area (Å²) in [6.07, 6.45) is 1.39. The minimum atomic E-state index is -3.91. The van der Waals surface area contributed by atoms with Gasteiger partial charge in [-0.25, -0.2) is 10.1 Å². The number of amides is 1. The Morgan fingerprint density at radius 2 is 2.00 bits per heavy atom. The molecule has 29 heavy (non-hydrogen) atoms. The fourth-order valence-electron chi connectivity index (χ4n) is 3.51. The topological polar surface area (TPSA) is 115 Å². The average Bonchev–Trinajstić information content (AvgIpc) is 2.61. The summed E-state index contributed by atoms with van der Waals surface area (Å²) in [5, 5.41) is 8.41. The van der Waals surface area contributed by atoms with Gasteiger partial charge in [0.1, 0.15) is 5.41 Å². The van der Waals surface area contributed by atoms with Crippen LogP contribution in [0.25, 0.3) is 0 Å². The summed E-state index contributed by atoms with van der Waals surface area (Å²) >= 11 is 5.94. The van der Waals surface area contributed by atoms with Crippen molar-refractivity contribution in [1.29, 1.82) is 0 Å². The highest BCUT2D eigenvalue weighted by Gasteiger charge is 2.55. The van der Waals surface area contributed by atoms with E-state index in [-0.39, 0.29) is 24.8 Å². The summed E-state index contributed by atoms with van der Waals surface area (Å²) < 4.78 is 29.9. The van der Waals surface area contributed by atoms with Crippen LogP contribution in [0.3, 0.4) is 0 Å². The van der Waals surface area contributed by atoms with Gasteiger partial charge in [0, 0.05) is 25.4 Å². The van der Waals surface area contributed by atoms with Gasteiger partial charge in [-0.1, -0.05) is 49.7 Å².